The van der Waals surface area contributed by atoms with Crippen LogP contribution in [0.3, 0.4) is 0 Å². The van der Waals surface area contributed by atoms with Crippen LogP contribution in [0.15, 0.2) is 35.3 Å². The Labute approximate surface area is 71.9 Å². The van der Waals surface area contributed by atoms with Crippen molar-refractivity contribution < 1.29 is 4.74 Å². The fourth-order valence-electron chi connectivity index (χ4n) is 1.34. The van der Waals surface area contributed by atoms with E-state index in [-0.39, 0.29) is 6.04 Å². The van der Waals surface area contributed by atoms with Crippen molar-refractivity contribution in [2.75, 3.05) is 6.61 Å². The minimum Gasteiger partial charge on any atom is -0.479 e. The van der Waals surface area contributed by atoms with Gasteiger partial charge in [0.25, 0.3) is 0 Å². The SMILES string of the molecule is CC1=NC(c2ccccc2)CO1. The molecular weight excluding hydrogens is 150 g/mol. The van der Waals surface area contributed by atoms with Gasteiger partial charge in [-0.05, 0) is 5.56 Å². The Kier molecular flexibility index (Phi) is 1.82. The third-order valence-corrected chi connectivity index (χ3v) is 1.97. The Balaban J connectivity index is 2.22. The first-order valence-electron chi connectivity index (χ1n) is 4.08. The van der Waals surface area contributed by atoms with Gasteiger partial charge in [-0.25, -0.2) is 4.99 Å². The summed E-state index contributed by atoms with van der Waals surface area (Å²) in [5.41, 5.74) is 1.23. The van der Waals surface area contributed by atoms with Crippen molar-refractivity contribution in [3.8, 4) is 0 Å². The monoisotopic (exact) mass is 161 g/mol. The molecule has 62 valence electrons. The van der Waals surface area contributed by atoms with Crippen LogP contribution in [0, 0.1) is 0 Å². The molecule has 0 N–H and O–H groups in total. The van der Waals surface area contributed by atoms with Gasteiger partial charge in [-0.1, -0.05) is 30.3 Å². The van der Waals surface area contributed by atoms with Crippen molar-refractivity contribution >= 4 is 5.90 Å². The first kappa shape index (κ1) is 7.35. The van der Waals surface area contributed by atoms with E-state index in [0.29, 0.717) is 6.61 Å². The predicted molar refractivity (Wildman–Crippen MR) is 48.2 cm³/mol. The maximum atomic E-state index is 5.27. The molecule has 1 aromatic carbocycles. The molecular formula is C10H11NO. The van der Waals surface area contributed by atoms with Crippen LogP contribution in [-0.2, 0) is 4.74 Å². The minimum absolute atomic E-state index is 0.214. The van der Waals surface area contributed by atoms with Gasteiger partial charge in [-0.3, -0.25) is 0 Å². The van der Waals surface area contributed by atoms with Crippen LogP contribution in [0.1, 0.15) is 18.5 Å². The Morgan fingerprint density at radius 2 is 2.08 bits per heavy atom. The molecule has 0 bridgehead atoms. The minimum atomic E-state index is 0.214. The summed E-state index contributed by atoms with van der Waals surface area (Å²) >= 11 is 0. The summed E-state index contributed by atoms with van der Waals surface area (Å²) in [4.78, 5) is 4.35. The van der Waals surface area contributed by atoms with Gasteiger partial charge in [0, 0.05) is 6.92 Å². The molecule has 1 aromatic rings. The van der Waals surface area contributed by atoms with E-state index >= 15 is 0 Å². The lowest BCUT2D eigenvalue weighted by Gasteiger charge is -2.03. The number of aliphatic imine (C=N–C) groups is 1. The predicted octanol–water partition coefficient (Wildman–Crippen LogP) is 2.18. The Bertz CT molecular complexity index is 292. The Morgan fingerprint density at radius 1 is 1.33 bits per heavy atom. The van der Waals surface area contributed by atoms with E-state index < -0.39 is 0 Å². The second kappa shape index (κ2) is 2.97. The summed E-state index contributed by atoms with van der Waals surface area (Å²) in [5, 5.41) is 0. The number of nitrogens with zero attached hydrogens (tertiary/aromatic N) is 1. The van der Waals surface area contributed by atoms with E-state index in [0.717, 1.165) is 5.90 Å². The van der Waals surface area contributed by atoms with Gasteiger partial charge < -0.3 is 4.74 Å². The highest BCUT2D eigenvalue weighted by molar-refractivity contribution is 5.74. The van der Waals surface area contributed by atoms with Gasteiger partial charge in [0.2, 0.25) is 0 Å². The lowest BCUT2D eigenvalue weighted by Crippen LogP contribution is -1.96. The summed E-state index contributed by atoms with van der Waals surface area (Å²) < 4.78 is 5.27. The molecule has 0 spiro atoms. The molecule has 1 unspecified atom stereocenters. The van der Waals surface area contributed by atoms with Gasteiger partial charge in [0.15, 0.2) is 5.90 Å². The molecule has 1 heterocycles. The Morgan fingerprint density at radius 3 is 2.67 bits per heavy atom. The molecule has 0 aromatic heterocycles. The third-order valence-electron chi connectivity index (χ3n) is 1.97. The second-order valence-corrected chi connectivity index (χ2v) is 2.89. The van der Waals surface area contributed by atoms with E-state index in [1.54, 1.807) is 0 Å². The van der Waals surface area contributed by atoms with Crippen LogP contribution < -0.4 is 0 Å². The highest BCUT2D eigenvalue weighted by Crippen LogP contribution is 2.21. The van der Waals surface area contributed by atoms with E-state index in [4.69, 9.17) is 4.74 Å². The molecule has 0 radical (unpaired) electrons. The van der Waals surface area contributed by atoms with Crippen molar-refractivity contribution in [3.05, 3.63) is 35.9 Å². The smallest absolute Gasteiger partial charge is 0.180 e. The van der Waals surface area contributed by atoms with Crippen LogP contribution in [-0.4, -0.2) is 12.5 Å². The molecule has 1 aliphatic heterocycles. The van der Waals surface area contributed by atoms with Crippen molar-refractivity contribution in [1.82, 2.24) is 0 Å². The molecule has 0 aliphatic carbocycles. The molecule has 0 saturated heterocycles. The molecule has 0 saturated carbocycles. The van der Waals surface area contributed by atoms with E-state index in [1.807, 2.05) is 25.1 Å². The van der Waals surface area contributed by atoms with Crippen LogP contribution in [0.4, 0.5) is 0 Å². The molecule has 1 atom stereocenters. The highest BCUT2D eigenvalue weighted by Gasteiger charge is 2.16. The maximum Gasteiger partial charge on any atom is 0.180 e. The zero-order valence-electron chi connectivity index (χ0n) is 7.03. The first-order valence-corrected chi connectivity index (χ1v) is 4.08. The van der Waals surface area contributed by atoms with Gasteiger partial charge in [0.05, 0.1) is 0 Å². The number of hydrogen-bond donors (Lipinski definition) is 0. The zero-order chi connectivity index (χ0) is 8.39. The normalized spacial score (nSPS) is 21.8. The van der Waals surface area contributed by atoms with Crippen molar-refractivity contribution in [1.29, 1.82) is 0 Å². The van der Waals surface area contributed by atoms with Crippen LogP contribution in [0.5, 0.6) is 0 Å². The van der Waals surface area contributed by atoms with Gasteiger partial charge in [0.1, 0.15) is 12.6 Å². The first-order chi connectivity index (χ1) is 5.86. The van der Waals surface area contributed by atoms with Crippen molar-refractivity contribution in [3.63, 3.8) is 0 Å². The number of benzene rings is 1. The van der Waals surface area contributed by atoms with Crippen LogP contribution in [0.2, 0.25) is 0 Å². The molecule has 2 rings (SSSR count). The molecule has 2 nitrogen and oxygen atoms in total. The van der Waals surface area contributed by atoms with Gasteiger partial charge >= 0.3 is 0 Å². The fourth-order valence-corrected chi connectivity index (χ4v) is 1.34. The number of hydrogen-bond acceptors (Lipinski definition) is 2. The average Bonchev–Trinajstić information content (AvgIpc) is 2.54. The van der Waals surface area contributed by atoms with Gasteiger partial charge in [-0.2, -0.15) is 0 Å². The van der Waals surface area contributed by atoms with E-state index in [9.17, 15) is 0 Å². The molecule has 2 heteroatoms. The summed E-state index contributed by atoms with van der Waals surface area (Å²) in [6.45, 7) is 2.58. The van der Waals surface area contributed by atoms with Crippen molar-refractivity contribution in [2.45, 2.75) is 13.0 Å². The van der Waals surface area contributed by atoms with E-state index in [2.05, 4.69) is 17.1 Å². The van der Waals surface area contributed by atoms with E-state index in [1.165, 1.54) is 5.56 Å². The average molecular weight is 161 g/mol. The third kappa shape index (κ3) is 1.33. The topological polar surface area (TPSA) is 21.6 Å². The summed E-state index contributed by atoms with van der Waals surface area (Å²) in [6.07, 6.45) is 0. The molecule has 12 heavy (non-hydrogen) atoms. The van der Waals surface area contributed by atoms with Crippen LogP contribution in [0.25, 0.3) is 0 Å². The summed E-state index contributed by atoms with van der Waals surface area (Å²) in [7, 11) is 0. The number of ether oxygens (including phenoxy) is 1. The summed E-state index contributed by atoms with van der Waals surface area (Å²) in [6, 6.07) is 10.4. The highest BCUT2D eigenvalue weighted by atomic mass is 16.5. The molecule has 1 aliphatic rings. The molecule has 0 fully saturated rings. The Hall–Kier alpha value is -1.31. The van der Waals surface area contributed by atoms with Gasteiger partial charge in [-0.15, -0.1) is 0 Å². The van der Waals surface area contributed by atoms with Crippen molar-refractivity contribution in [2.24, 2.45) is 4.99 Å². The van der Waals surface area contributed by atoms with Crippen LogP contribution >= 0.6 is 0 Å². The molecule has 0 amide bonds. The fraction of sp³-hybridized carbons (Fsp3) is 0.300. The zero-order valence-corrected chi connectivity index (χ0v) is 7.03. The lowest BCUT2D eigenvalue weighted by atomic mass is 10.1. The maximum absolute atomic E-state index is 5.27. The second-order valence-electron chi connectivity index (χ2n) is 2.89. The quantitative estimate of drug-likeness (QED) is 0.618. The summed E-state index contributed by atoms with van der Waals surface area (Å²) in [5.74, 6) is 0.795. The lowest BCUT2D eigenvalue weighted by molar-refractivity contribution is 0.317. The number of rotatable bonds is 1. The standard InChI is InChI=1S/C10H11NO/c1-8-11-10(7-12-8)9-5-3-2-4-6-9/h2-6,10H,7H2,1H3. The largest absolute Gasteiger partial charge is 0.479 e.